The Morgan fingerprint density at radius 2 is 1.70 bits per heavy atom. The Bertz CT molecular complexity index is 692. The predicted molar refractivity (Wildman–Crippen MR) is 97.0 cm³/mol. The number of rotatable bonds is 5. The highest BCUT2D eigenvalue weighted by atomic mass is 32.2. The standard InChI is InChI=1S/C13H18N4O3S3/c1-10(21)16(2)14-12(18)9-23(19,20)15-17(3)13(22)11-7-5-4-6-8-11/h4-8,15H,9H2,1-3H3,(H,14,18). The molecule has 1 rings (SSSR count). The number of benzene rings is 1. The third kappa shape index (κ3) is 6.57. The summed E-state index contributed by atoms with van der Waals surface area (Å²) < 4.78 is 24.0. The van der Waals surface area contributed by atoms with Gasteiger partial charge in [0.2, 0.25) is 10.0 Å². The van der Waals surface area contributed by atoms with Gasteiger partial charge in [-0.05, 0) is 6.92 Å². The first kappa shape index (κ1) is 19.4. The van der Waals surface area contributed by atoms with Gasteiger partial charge in [0.05, 0.1) is 4.99 Å². The maximum Gasteiger partial charge on any atom is 0.255 e. The van der Waals surface area contributed by atoms with Gasteiger partial charge in [-0.3, -0.25) is 20.2 Å². The van der Waals surface area contributed by atoms with E-state index in [4.69, 9.17) is 24.4 Å². The largest absolute Gasteiger partial charge is 0.287 e. The summed E-state index contributed by atoms with van der Waals surface area (Å²) in [5.74, 6) is -1.45. The summed E-state index contributed by atoms with van der Waals surface area (Å²) in [6.07, 6.45) is 0. The Balaban J connectivity index is 2.66. The number of carbonyl (C=O) groups is 1. The van der Waals surface area contributed by atoms with Crippen molar-refractivity contribution in [2.24, 2.45) is 0 Å². The van der Waals surface area contributed by atoms with E-state index in [1.807, 2.05) is 6.07 Å². The van der Waals surface area contributed by atoms with Crippen molar-refractivity contribution in [1.29, 1.82) is 0 Å². The fourth-order valence-corrected chi connectivity index (χ4v) is 2.80. The maximum absolute atomic E-state index is 12.0. The monoisotopic (exact) mass is 374 g/mol. The van der Waals surface area contributed by atoms with Gasteiger partial charge in [-0.1, -0.05) is 54.8 Å². The summed E-state index contributed by atoms with van der Waals surface area (Å²) in [4.78, 5) is 14.7. The molecule has 0 aliphatic rings. The van der Waals surface area contributed by atoms with E-state index < -0.39 is 21.7 Å². The Morgan fingerprint density at radius 1 is 1.13 bits per heavy atom. The van der Waals surface area contributed by atoms with Crippen LogP contribution in [0.4, 0.5) is 0 Å². The van der Waals surface area contributed by atoms with E-state index in [1.165, 1.54) is 24.1 Å². The molecule has 0 bridgehead atoms. The number of hydrogen-bond donors (Lipinski definition) is 2. The summed E-state index contributed by atoms with van der Waals surface area (Å²) in [5.41, 5.74) is 3.04. The lowest BCUT2D eigenvalue weighted by molar-refractivity contribution is -0.121. The fourth-order valence-electron chi connectivity index (χ4n) is 1.53. The summed E-state index contributed by atoms with van der Waals surface area (Å²) >= 11 is 10.1. The average Bonchev–Trinajstić information content (AvgIpc) is 2.45. The van der Waals surface area contributed by atoms with E-state index in [-0.39, 0.29) is 0 Å². The zero-order valence-electron chi connectivity index (χ0n) is 12.9. The summed E-state index contributed by atoms with van der Waals surface area (Å²) in [6.45, 7) is 1.61. The number of amides is 1. The van der Waals surface area contributed by atoms with E-state index in [9.17, 15) is 13.2 Å². The predicted octanol–water partition coefficient (Wildman–Crippen LogP) is 0.439. The van der Waals surface area contributed by atoms with E-state index >= 15 is 0 Å². The second-order valence-corrected chi connectivity index (χ2v) is 7.37. The van der Waals surface area contributed by atoms with Crippen LogP contribution in [0.2, 0.25) is 0 Å². The number of hydrazine groups is 2. The zero-order chi connectivity index (χ0) is 17.6. The van der Waals surface area contributed by atoms with Crippen LogP contribution in [0.5, 0.6) is 0 Å². The Hall–Kier alpha value is -1.62. The van der Waals surface area contributed by atoms with Gasteiger partial charge in [-0.15, -0.1) is 4.83 Å². The molecule has 0 aliphatic heterocycles. The van der Waals surface area contributed by atoms with Crippen LogP contribution in [-0.2, 0) is 14.8 Å². The molecule has 0 saturated carbocycles. The van der Waals surface area contributed by atoms with Gasteiger partial charge in [0.1, 0.15) is 10.7 Å². The first-order chi connectivity index (χ1) is 10.6. The van der Waals surface area contributed by atoms with Gasteiger partial charge in [0, 0.05) is 19.7 Å². The molecule has 10 heteroatoms. The van der Waals surface area contributed by atoms with Gasteiger partial charge in [-0.2, -0.15) is 0 Å². The van der Waals surface area contributed by atoms with Crippen molar-refractivity contribution >= 4 is 50.3 Å². The number of nitrogens with one attached hydrogen (secondary N) is 2. The number of nitrogens with zero attached hydrogens (tertiary/aromatic N) is 2. The molecule has 0 aliphatic carbocycles. The SMILES string of the molecule is CC(=S)N(C)NC(=O)CS(=O)(=O)NN(C)C(=S)c1ccccc1. The molecule has 126 valence electrons. The molecule has 7 nitrogen and oxygen atoms in total. The smallest absolute Gasteiger partial charge is 0.255 e. The molecular formula is C13H18N4O3S3. The number of hydrogen-bond acceptors (Lipinski definition) is 5. The highest BCUT2D eigenvalue weighted by Gasteiger charge is 2.20. The van der Waals surface area contributed by atoms with E-state index in [2.05, 4.69) is 10.3 Å². The van der Waals surface area contributed by atoms with Crippen LogP contribution in [0, 0.1) is 0 Å². The minimum atomic E-state index is -3.90. The molecule has 0 unspecified atom stereocenters. The highest BCUT2D eigenvalue weighted by Crippen LogP contribution is 2.03. The van der Waals surface area contributed by atoms with Crippen molar-refractivity contribution in [3.63, 3.8) is 0 Å². The topological polar surface area (TPSA) is 81.8 Å². The molecule has 0 fully saturated rings. The van der Waals surface area contributed by atoms with Crippen LogP contribution < -0.4 is 10.3 Å². The Kier molecular flexibility index (Phi) is 7.01. The fraction of sp³-hybridized carbons (Fsp3) is 0.308. The quantitative estimate of drug-likeness (QED) is 0.572. The van der Waals surface area contributed by atoms with Gasteiger partial charge in [0.15, 0.2) is 0 Å². The van der Waals surface area contributed by atoms with Crippen molar-refractivity contribution in [1.82, 2.24) is 20.3 Å². The molecule has 23 heavy (non-hydrogen) atoms. The molecule has 0 aromatic heterocycles. The molecule has 1 aromatic rings. The minimum absolute atomic E-state index is 0.293. The third-order valence-electron chi connectivity index (χ3n) is 2.69. The number of sulfonamides is 1. The van der Waals surface area contributed by atoms with Crippen molar-refractivity contribution in [3.8, 4) is 0 Å². The Labute approximate surface area is 146 Å². The minimum Gasteiger partial charge on any atom is -0.287 e. The maximum atomic E-state index is 12.0. The van der Waals surface area contributed by atoms with Gasteiger partial charge in [0.25, 0.3) is 5.91 Å². The first-order valence-electron chi connectivity index (χ1n) is 6.49. The third-order valence-corrected chi connectivity index (χ3v) is 4.66. The lowest BCUT2D eigenvalue weighted by Gasteiger charge is -2.22. The second-order valence-electron chi connectivity index (χ2n) is 4.69. The molecule has 0 spiro atoms. The Morgan fingerprint density at radius 3 is 2.22 bits per heavy atom. The first-order valence-corrected chi connectivity index (χ1v) is 8.96. The van der Waals surface area contributed by atoms with Crippen LogP contribution in [0.25, 0.3) is 0 Å². The van der Waals surface area contributed by atoms with Gasteiger partial charge in [-0.25, -0.2) is 8.42 Å². The zero-order valence-corrected chi connectivity index (χ0v) is 15.4. The van der Waals surface area contributed by atoms with Crippen molar-refractivity contribution in [2.45, 2.75) is 6.92 Å². The molecule has 0 radical (unpaired) electrons. The molecular weight excluding hydrogens is 356 g/mol. The molecule has 2 N–H and O–H groups in total. The van der Waals surface area contributed by atoms with Crippen LogP contribution >= 0.6 is 24.4 Å². The van der Waals surface area contributed by atoms with Crippen LogP contribution in [-0.4, -0.2) is 54.2 Å². The number of thiocarbonyl (C=S) groups is 2. The molecule has 1 amide bonds. The second kappa shape index (κ2) is 8.29. The normalized spacial score (nSPS) is 10.7. The van der Waals surface area contributed by atoms with Crippen LogP contribution in [0.1, 0.15) is 12.5 Å². The van der Waals surface area contributed by atoms with E-state index in [1.54, 1.807) is 31.2 Å². The van der Waals surface area contributed by atoms with Crippen molar-refractivity contribution < 1.29 is 13.2 Å². The van der Waals surface area contributed by atoms with Crippen molar-refractivity contribution in [3.05, 3.63) is 35.9 Å². The van der Waals surface area contributed by atoms with Gasteiger partial charge >= 0.3 is 0 Å². The molecule has 0 heterocycles. The average molecular weight is 375 g/mol. The lowest BCUT2D eigenvalue weighted by Crippen LogP contribution is -2.49. The van der Waals surface area contributed by atoms with E-state index in [0.29, 0.717) is 15.5 Å². The van der Waals surface area contributed by atoms with Crippen LogP contribution in [0.15, 0.2) is 30.3 Å². The summed E-state index contributed by atoms with van der Waals surface area (Å²) in [7, 11) is -0.903. The molecule has 0 saturated heterocycles. The van der Waals surface area contributed by atoms with E-state index in [0.717, 1.165) is 0 Å². The summed E-state index contributed by atoms with van der Waals surface area (Å²) in [5, 5.41) is 2.45. The van der Waals surface area contributed by atoms with Crippen molar-refractivity contribution in [2.75, 3.05) is 19.8 Å². The lowest BCUT2D eigenvalue weighted by atomic mass is 10.2. The number of carbonyl (C=O) groups excluding carboxylic acids is 1. The van der Waals surface area contributed by atoms with Crippen LogP contribution in [0.3, 0.4) is 0 Å². The summed E-state index contributed by atoms with van der Waals surface area (Å²) in [6, 6.07) is 8.94. The van der Waals surface area contributed by atoms with Gasteiger partial charge < -0.3 is 0 Å². The molecule has 0 atom stereocenters. The molecule has 1 aromatic carbocycles. The highest BCUT2D eigenvalue weighted by molar-refractivity contribution is 7.90.